The maximum atomic E-state index is 10.9. The molecule has 2 aromatic carbocycles. The average molecular weight is 298 g/mol. The Morgan fingerprint density at radius 1 is 1.00 bits per heavy atom. The number of ether oxygens (including phenoxy) is 2. The van der Waals surface area contributed by atoms with Crippen LogP contribution < -0.4 is 0 Å². The molecule has 0 aliphatic rings. The van der Waals surface area contributed by atoms with Crippen molar-refractivity contribution in [1.82, 2.24) is 0 Å². The average Bonchev–Trinajstić information content (AvgIpc) is 2.57. The van der Waals surface area contributed by atoms with E-state index in [-0.39, 0.29) is 5.56 Å². The van der Waals surface area contributed by atoms with Gasteiger partial charge in [-0.2, -0.15) is 0 Å². The van der Waals surface area contributed by atoms with Gasteiger partial charge in [-0.25, -0.2) is 4.79 Å². The van der Waals surface area contributed by atoms with Crippen LogP contribution in [0.5, 0.6) is 0 Å². The summed E-state index contributed by atoms with van der Waals surface area (Å²) in [7, 11) is 3.09. The van der Waals surface area contributed by atoms with Crippen LogP contribution >= 0.6 is 0 Å². The van der Waals surface area contributed by atoms with E-state index in [0.717, 1.165) is 11.1 Å². The lowest BCUT2D eigenvalue weighted by molar-refractivity contribution is -0.177. The third-order valence-corrected chi connectivity index (χ3v) is 3.44. The van der Waals surface area contributed by atoms with E-state index < -0.39 is 11.8 Å². The SMILES string of the molecule is COC(C=Cc1ccccc1)(OC)c1ccc(C(=O)O)cc1. The van der Waals surface area contributed by atoms with Gasteiger partial charge < -0.3 is 14.6 Å². The Morgan fingerprint density at radius 3 is 2.09 bits per heavy atom. The van der Waals surface area contributed by atoms with Gasteiger partial charge in [0.2, 0.25) is 5.79 Å². The van der Waals surface area contributed by atoms with Gasteiger partial charge in [0.05, 0.1) is 5.56 Å². The van der Waals surface area contributed by atoms with Crippen LogP contribution in [0.3, 0.4) is 0 Å². The Kier molecular flexibility index (Phi) is 5.09. The van der Waals surface area contributed by atoms with Crippen molar-refractivity contribution in [3.8, 4) is 0 Å². The molecule has 0 atom stereocenters. The van der Waals surface area contributed by atoms with Crippen molar-refractivity contribution in [3.63, 3.8) is 0 Å². The Balaban J connectivity index is 2.35. The summed E-state index contributed by atoms with van der Waals surface area (Å²) in [6.07, 6.45) is 3.70. The third-order valence-electron chi connectivity index (χ3n) is 3.44. The van der Waals surface area contributed by atoms with Crippen molar-refractivity contribution in [1.29, 1.82) is 0 Å². The molecule has 0 bridgehead atoms. The predicted octanol–water partition coefficient (Wildman–Crippen LogP) is 3.54. The molecule has 0 unspecified atom stereocenters. The van der Waals surface area contributed by atoms with Gasteiger partial charge in [0.15, 0.2) is 0 Å². The standard InChI is InChI=1S/C18H18O4/c1-21-18(22-2,13-12-14-6-4-3-5-7-14)16-10-8-15(9-11-16)17(19)20/h3-13H,1-2H3,(H,19,20). The molecule has 0 saturated carbocycles. The quantitative estimate of drug-likeness (QED) is 0.829. The Morgan fingerprint density at radius 2 is 1.59 bits per heavy atom. The molecular weight excluding hydrogens is 280 g/mol. The van der Waals surface area contributed by atoms with Gasteiger partial charge in [-0.05, 0) is 23.8 Å². The molecule has 4 nitrogen and oxygen atoms in total. The lowest BCUT2D eigenvalue weighted by atomic mass is 10.0. The zero-order valence-electron chi connectivity index (χ0n) is 12.5. The second kappa shape index (κ2) is 7.02. The van der Waals surface area contributed by atoms with Gasteiger partial charge >= 0.3 is 5.97 Å². The van der Waals surface area contributed by atoms with Crippen molar-refractivity contribution in [2.75, 3.05) is 14.2 Å². The van der Waals surface area contributed by atoms with E-state index in [0.29, 0.717) is 0 Å². The smallest absolute Gasteiger partial charge is 0.335 e. The Labute approximate surface area is 129 Å². The van der Waals surface area contributed by atoms with Crippen molar-refractivity contribution in [3.05, 3.63) is 77.4 Å². The largest absolute Gasteiger partial charge is 0.478 e. The van der Waals surface area contributed by atoms with E-state index in [1.54, 1.807) is 32.4 Å². The third kappa shape index (κ3) is 3.42. The van der Waals surface area contributed by atoms with Crippen molar-refractivity contribution < 1.29 is 19.4 Å². The number of carbonyl (C=O) groups is 1. The maximum absolute atomic E-state index is 10.9. The summed E-state index contributed by atoms with van der Waals surface area (Å²) in [6, 6.07) is 16.2. The van der Waals surface area contributed by atoms with E-state index >= 15 is 0 Å². The summed E-state index contributed by atoms with van der Waals surface area (Å²) < 4.78 is 11.1. The fraction of sp³-hybridized carbons (Fsp3) is 0.167. The number of carboxylic acids is 1. The first-order valence-corrected chi connectivity index (χ1v) is 6.80. The van der Waals surface area contributed by atoms with Gasteiger partial charge in [0, 0.05) is 19.8 Å². The normalized spacial score (nSPS) is 11.7. The molecule has 0 heterocycles. The molecule has 2 rings (SSSR count). The molecule has 0 spiro atoms. The molecule has 0 aliphatic heterocycles. The zero-order valence-corrected chi connectivity index (χ0v) is 12.5. The summed E-state index contributed by atoms with van der Waals surface area (Å²) in [5.74, 6) is -2.03. The topological polar surface area (TPSA) is 55.8 Å². The second-order valence-electron chi connectivity index (χ2n) is 4.70. The molecule has 0 amide bonds. The lowest BCUT2D eigenvalue weighted by Gasteiger charge is -2.28. The molecule has 1 N–H and O–H groups in total. The first kappa shape index (κ1) is 15.9. The fourth-order valence-electron chi connectivity index (χ4n) is 2.17. The number of aromatic carboxylic acids is 1. The second-order valence-corrected chi connectivity index (χ2v) is 4.70. The zero-order chi connectivity index (χ0) is 16.0. The first-order chi connectivity index (χ1) is 10.6. The number of rotatable bonds is 6. The number of hydrogen-bond donors (Lipinski definition) is 1. The van der Waals surface area contributed by atoms with Crippen LogP contribution in [-0.4, -0.2) is 25.3 Å². The summed E-state index contributed by atoms with van der Waals surface area (Å²) >= 11 is 0. The molecule has 114 valence electrons. The van der Waals surface area contributed by atoms with Gasteiger partial charge in [-0.1, -0.05) is 48.5 Å². The Hall–Kier alpha value is -2.43. The first-order valence-electron chi connectivity index (χ1n) is 6.80. The minimum absolute atomic E-state index is 0.219. The minimum atomic E-state index is -1.06. The van der Waals surface area contributed by atoms with Crippen LogP contribution in [0.4, 0.5) is 0 Å². The van der Waals surface area contributed by atoms with Gasteiger partial charge in [-0.15, -0.1) is 0 Å². The molecular formula is C18H18O4. The number of carboxylic acid groups (broad SMARTS) is 1. The summed E-state index contributed by atoms with van der Waals surface area (Å²) in [4.78, 5) is 10.9. The number of hydrogen-bond acceptors (Lipinski definition) is 3. The van der Waals surface area contributed by atoms with Crippen molar-refractivity contribution in [2.24, 2.45) is 0 Å². The molecule has 2 aromatic rings. The summed E-state index contributed by atoms with van der Waals surface area (Å²) in [6.45, 7) is 0. The summed E-state index contributed by atoms with van der Waals surface area (Å²) in [5.41, 5.74) is 1.95. The van der Waals surface area contributed by atoms with Crippen LogP contribution in [-0.2, 0) is 15.3 Å². The monoisotopic (exact) mass is 298 g/mol. The van der Waals surface area contributed by atoms with Crippen LogP contribution in [0.1, 0.15) is 21.5 Å². The lowest BCUT2D eigenvalue weighted by Crippen LogP contribution is -2.28. The molecule has 0 saturated heterocycles. The van der Waals surface area contributed by atoms with E-state index in [1.165, 1.54) is 12.1 Å². The van der Waals surface area contributed by atoms with E-state index in [9.17, 15) is 4.79 Å². The maximum Gasteiger partial charge on any atom is 0.335 e. The highest BCUT2D eigenvalue weighted by Crippen LogP contribution is 2.29. The molecule has 22 heavy (non-hydrogen) atoms. The van der Waals surface area contributed by atoms with Gasteiger partial charge in [-0.3, -0.25) is 0 Å². The van der Waals surface area contributed by atoms with Crippen molar-refractivity contribution >= 4 is 12.0 Å². The fourth-order valence-corrected chi connectivity index (χ4v) is 2.17. The van der Waals surface area contributed by atoms with Crippen LogP contribution in [0.15, 0.2) is 60.7 Å². The number of benzene rings is 2. The minimum Gasteiger partial charge on any atom is -0.478 e. The van der Waals surface area contributed by atoms with Gasteiger partial charge in [0.25, 0.3) is 0 Å². The molecule has 0 aromatic heterocycles. The number of methoxy groups -OCH3 is 2. The Bertz CT molecular complexity index is 641. The highest BCUT2D eigenvalue weighted by molar-refractivity contribution is 5.87. The van der Waals surface area contributed by atoms with Crippen LogP contribution in [0.2, 0.25) is 0 Å². The van der Waals surface area contributed by atoms with Crippen LogP contribution in [0.25, 0.3) is 6.08 Å². The highest BCUT2D eigenvalue weighted by Gasteiger charge is 2.29. The molecule has 0 aliphatic carbocycles. The van der Waals surface area contributed by atoms with Crippen LogP contribution in [0, 0.1) is 0 Å². The highest BCUT2D eigenvalue weighted by atomic mass is 16.7. The molecule has 0 fully saturated rings. The van der Waals surface area contributed by atoms with E-state index in [4.69, 9.17) is 14.6 Å². The van der Waals surface area contributed by atoms with Crippen molar-refractivity contribution in [2.45, 2.75) is 5.79 Å². The van der Waals surface area contributed by atoms with E-state index in [2.05, 4.69) is 0 Å². The van der Waals surface area contributed by atoms with Gasteiger partial charge in [0.1, 0.15) is 0 Å². The van der Waals surface area contributed by atoms with E-state index in [1.807, 2.05) is 36.4 Å². The molecule has 0 radical (unpaired) electrons. The summed E-state index contributed by atoms with van der Waals surface area (Å²) in [5, 5.41) is 8.97. The molecule has 4 heteroatoms. The predicted molar refractivity (Wildman–Crippen MR) is 84.6 cm³/mol.